The lowest BCUT2D eigenvalue weighted by atomic mass is 9.94. The summed E-state index contributed by atoms with van der Waals surface area (Å²) in [4.78, 5) is 37.6. The largest absolute Gasteiger partial charge is 0.508 e. The summed E-state index contributed by atoms with van der Waals surface area (Å²) in [5.74, 6) is -0.868. The molecule has 0 radical (unpaired) electrons. The van der Waals surface area contributed by atoms with E-state index in [0.717, 1.165) is 37.0 Å². The van der Waals surface area contributed by atoms with Crippen LogP contribution in [0.25, 0.3) is 20.2 Å². The fourth-order valence-corrected chi connectivity index (χ4v) is 6.82. The van der Waals surface area contributed by atoms with Crippen LogP contribution in [0.4, 0.5) is 16.2 Å². The molecule has 6 rings (SSSR count). The van der Waals surface area contributed by atoms with Gasteiger partial charge in [0.25, 0.3) is 0 Å². The van der Waals surface area contributed by atoms with Crippen LogP contribution in [-0.2, 0) is 14.3 Å². The maximum atomic E-state index is 13.0. The maximum absolute atomic E-state index is 13.0. The van der Waals surface area contributed by atoms with Gasteiger partial charge in [-0.2, -0.15) is 8.75 Å². The minimum Gasteiger partial charge on any atom is -0.508 e. The van der Waals surface area contributed by atoms with Crippen molar-refractivity contribution in [3.8, 4) is 11.5 Å². The number of phenols is 2. The second-order valence-corrected chi connectivity index (χ2v) is 15.8. The normalized spacial score (nSPS) is 12.0. The average molecular weight is 840 g/mol. The number of phenolic OH excluding ortho intramolecular Hbond substituents is 2. The quantitative estimate of drug-likeness (QED) is 0.0692. The number of amides is 3. The number of fused-ring (bicyclic) bond motifs is 2. The second kappa shape index (κ2) is 21.3. The van der Waals surface area contributed by atoms with E-state index < -0.39 is 17.6 Å². The molecular formula is C40H44Cl2N6O6S2. The number of rotatable bonds is 11. The molecule has 2 unspecified atom stereocenters. The lowest BCUT2D eigenvalue weighted by molar-refractivity contribution is -0.118. The van der Waals surface area contributed by atoms with E-state index in [-0.39, 0.29) is 41.1 Å². The maximum Gasteiger partial charge on any atom is 0.407 e. The van der Waals surface area contributed by atoms with Gasteiger partial charge in [0.2, 0.25) is 11.8 Å². The number of aromatic nitrogens is 2. The number of hydrogen-bond donors (Lipinski definition) is 6. The van der Waals surface area contributed by atoms with Gasteiger partial charge in [-0.1, -0.05) is 24.3 Å². The van der Waals surface area contributed by atoms with Crippen LogP contribution in [0.15, 0.2) is 97.3 Å². The van der Waals surface area contributed by atoms with Crippen molar-refractivity contribution in [2.45, 2.75) is 51.0 Å². The molecule has 2 aromatic heterocycles. The highest BCUT2D eigenvalue weighted by molar-refractivity contribution is 7.13. The van der Waals surface area contributed by atoms with Crippen molar-refractivity contribution in [1.82, 2.24) is 14.1 Å². The molecule has 16 heteroatoms. The third-order valence-corrected chi connectivity index (χ3v) is 9.55. The van der Waals surface area contributed by atoms with E-state index in [0.29, 0.717) is 25.1 Å². The zero-order valence-electron chi connectivity index (χ0n) is 31.0. The Labute approximate surface area is 343 Å². The van der Waals surface area contributed by atoms with Gasteiger partial charge in [-0.25, -0.2) is 4.79 Å². The number of alkyl halides is 2. The van der Waals surface area contributed by atoms with Crippen LogP contribution in [0.3, 0.4) is 0 Å². The fourth-order valence-electron chi connectivity index (χ4n) is 5.45. The van der Waals surface area contributed by atoms with E-state index in [1.165, 1.54) is 23.1 Å². The number of nitrogens with two attached hydrogens (primary N) is 1. The number of carbonyl (C=O) groups excluding carboxylic acids is 3. The van der Waals surface area contributed by atoms with E-state index >= 15 is 0 Å². The molecule has 4 aromatic carbocycles. The summed E-state index contributed by atoms with van der Waals surface area (Å²) < 4.78 is 15.5. The molecule has 0 spiro atoms. The predicted octanol–water partition coefficient (Wildman–Crippen LogP) is 9.13. The topological polar surface area (TPSA) is 189 Å². The number of benzene rings is 4. The number of ether oxygens (including phenoxy) is 1. The Hall–Kier alpha value is -4.99. The molecule has 0 aliphatic rings. The molecular weight excluding hydrogens is 796 g/mol. The molecule has 2 atom stereocenters. The summed E-state index contributed by atoms with van der Waals surface area (Å²) in [5.41, 5.74) is 8.07. The highest BCUT2D eigenvalue weighted by Gasteiger charge is 2.23. The number of carbonyl (C=O) groups is 3. The van der Waals surface area contributed by atoms with Crippen molar-refractivity contribution in [2.75, 3.05) is 29.1 Å². The number of nitrogens with zero attached hydrogens (tertiary/aromatic N) is 2. The summed E-state index contributed by atoms with van der Waals surface area (Å²) >= 11 is 12.3. The molecule has 0 saturated carbocycles. The molecule has 0 aliphatic carbocycles. The van der Waals surface area contributed by atoms with Gasteiger partial charge in [0, 0.05) is 41.1 Å². The van der Waals surface area contributed by atoms with Gasteiger partial charge in [-0.15, -0.1) is 23.2 Å². The highest BCUT2D eigenvalue weighted by atomic mass is 35.5. The molecule has 0 saturated heterocycles. The van der Waals surface area contributed by atoms with Gasteiger partial charge < -0.3 is 36.6 Å². The number of anilines is 2. The third kappa shape index (κ3) is 13.6. The number of hydrogen-bond acceptors (Lipinski definition) is 11. The molecule has 12 nitrogen and oxygen atoms in total. The van der Waals surface area contributed by atoms with Gasteiger partial charge in [0.15, 0.2) is 0 Å². The molecule has 296 valence electrons. The molecule has 0 aliphatic heterocycles. The van der Waals surface area contributed by atoms with Crippen LogP contribution in [0.5, 0.6) is 11.5 Å². The molecule has 0 bridgehead atoms. The lowest BCUT2D eigenvalue weighted by Crippen LogP contribution is -2.34. The Kier molecular flexibility index (Phi) is 16.7. The molecule has 56 heavy (non-hydrogen) atoms. The zero-order valence-corrected chi connectivity index (χ0v) is 34.1. The van der Waals surface area contributed by atoms with Gasteiger partial charge >= 0.3 is 6.09 Å². The summed E-state index contributed by atoms with van der Waals surface area (Å²) in [6.45, 7) is 6.05. The number of nitrogens with one attached hydrogen (secondary N) is 3. The van der Waals surface area contributed by atoms with Crippen LogP contribution in [0.2, 0.25) is 0 Å². The van der Waals surface area contributed by atoms with Gasteiger partial charge in [0.1, 0.15) is 17.1 Å². The molecule has 3 amide bonds. The van der Waals surface area contributed by atoms with E-state index in [9.17, 15) is 24.6 Å². The Bertz CT molecular complexity index is 2170. The Balaban J connectivity index is 0.000000239. The minimum absolute atomic E-state index is 0.106. The molecule has 7 N–H and O–H groups in total. The van der Waals surface area contributed by atoms with Gasteiger partial charge in [-0.3, -0.25) is 9.59 Å². The van der Waals surface area contributed by atoms with E-state index in [1.54, 1.807) is 81.7 Å². The highest BCUT2D eigenvalue weighted by Crippen LogP contribution is 2.28. The summed E-state index contributed by atoms with van der Waals surface area (Å²) in [7, 11) is 0. The van der Waals surface area contributed by atoms with Crippen molar-refractivity contribution in [1.29, 1.82) is 0 Å². The monoisotopic (exact) mass is 838 g/mol. The summed E-state index contributed by atoms with van der Waals surface area (Å²) in [6.07, 6.45) is 3.98. The molecule has 0 fully saturated rings. The van der Waals surface area contributed by atoms with Crippen molar-refractivity contribution in [3.63, 3.8) is 0 Å². The molecule has 6 aromatic rings. The van der Waals surface area contributed by atoms with E-state index in [2.05, 4.69) is 24.7 Å². The number of halogens is 2. The van der Waals surface area contributed by atoms with E-state index in [4.69, 9.17) is 33.7 Å². The Morgan fingerprint density at radius 3 is 1.57 bits per heavy atom. The predicted molar refractivity (Wildman–Crippen MR) is 227 cm³/mol. The SMILES string of the molecule is CC(C)(C)OC(=O)NCCC(C(=O)Nc1ccc2cnsc2c1)c1ccc(O)cc1.ClCCl.NCCC(C(=O)Nc1ccc2cnsc2c1)c1ccc(O)cc1. The van der Waals surface area contributed by atoms with E-state index in [1.807, 2.05) is 36.4 Å². The first-order valence-corrected chi connectivity index (χ1v) is 20.1. The minimum atomic E-state index is -0.590. The van der Waals surface area contributed by atoms with Crippen molar-refractivity contribution < 1.29 is 29.3 Å². The van der Waals surface area contributed by atoms with Crippen molar-refractivity contribution in [2.24, 2.45) is 5.73 Å². The smallest absolute Gasteiger partial charge is 0.407 e. The van der Waals surface area contributed by atoms with Gasteiger partial charge in [0.05, 0.1) is 26.6 Å². The summed E-state index contributed by atoms with van der Waals surface area (Å²) in [6, 6.07) is 24.5. The Morgan fingerprint density at radius 1 is 0.732 bits per heavy atom. The summed E-state index contributed by atoms with van der Waals surface area (Å²) in [5, 5.41) is 29.8. The average Bonchev–Trinajstić information content (AvgIpc) is 3.82. The standard InChI is InChI=1S/C22H25N3O4S.C17H17N3O2S.CH2Cl2/c1-22(2,3)29-21(28)23-11-10-18(14-5-8-17(26)9-6-14)20(27)25-16-7-4-15-13-24-30-19(15)12-16;18-8-7-15(11-2-5-14(21)6-3-11)17(22)20-13-4-1-12-10-19-23-16(12)9-13;2-1-3/h4-9,12-13,18,26H,10-11H2,1-3H3,(H,23,28)(H,25,27);1-6,9-10,15,21H,7-8,18H2,(H,20,22);1H2. The van der Waals surface area contributed by atoms with Crippen molar-refractivity contribution in [3.05, 3.63) is 108 Å². The number of alkyl carbamates (subject to hydrolysis) is 1. The third-order valence-electron chi connectivity index (χ3n) is 8.03. The Morgan fingerprint density at radius 2 is 1.16 bits per heavy atom. The van der Waals surface area contributed by atoms with Crippen LogP contribution in [0, 0.1) is 0 Å². The first-order chi connectivity index (χ1) is 26.8. The van der Waals surface area contributed by atoms with Crippen LogP contribution in [-0.4, -0.2) is 60.9 Å². The number of aromatic hydroxyl groups is 2. The second-order valence-electron chi connectivity index (χ2n) is 13.3. The first kappa shape index (κ1) is 43.7. The van der Waals surface area contributed by atoms with Crippen LogP contribution >= 0.6 is 46.3 Å². The lowest BCUT2D eigenvalue weighted by Gasteiger charge is -2.21. The van der Waals surface area contributed by atoms with Crippen LogP contribution in [0.1, 0.15) is 56.6 Å². The van der Waals surface area contributed by atoms with Crippen molar-refractivity contribution >= 4 is 95.7 Å². The zero-order chi connectivity index (χ0) is 40.7. The van der Waals surface area contributed by atoms with Crippen LogP contribution < -0.4 is 21.7 Å². The fraction of sp³-hybridized carbons (Fsp3) is 0.275. The molecule has 2 heterocycles. The van der Waals surface area contributed by atoms with Gasteiger partial charge in [-0.05, 0) is 135 Å². The first-order valence-electron chi connectivity index (χ1n) is 17.5.